The van der Waals surface area contributed by atoms with Crippen LogP contribution in [0.2, 0.25) is 0 Å². The van der Waals surface area contributed by atoms with E-state index in [2.05, 4.69) is 31.0 Å². The molecule has 0 aliphatic carbocycles. The molecule has 0 saturated heterocycles. The summed E-state index contributed by atoms with van der Waals surface area (Å²) in [4.78, 5) is 11.6. The zero-order chi connectivity index (χ0) is 14.4. The minimum atomic E-state index is -0.0143. The van der Waals surface area contributed by atoms with Gasteiger partial charge in [-0.15, -0.1) is 15.3 Å². The summed E-state index contributed by atoms with van der Waals surface area (Å²) in [5.74, 6) is 1.06. The fraction of sp³-hybridized carbons (Fsp3) is 0.556. The number of aromatic nitrogens is 6. The number of amides is 1. The van der Waals surface area contributed by atoms with Gasteiger partial charge in [0.2, 0.25) is 11.1 Å². The molecule has 2 heterocycles. The minimum absolute atomic E-state index is 0.0143. The highest BCUT2D eigenvalue weighted by atomic mass is 32.2. The molecule has 108 valence electrons. The van der Waals surface area contributed by atoms with Gasteiger partial charge < -0.3 is 5.32 Å². The van der Waals surface area contributed by atoms with Crippen molar-refractivity contribution in [3.05, 3.63) is 5.01 Å². The van der Waals surface area contributed by atoms with Crippen LogP contribution in [0.15, 0.2) is 9.50 Å². The lowest BCUT2D eigenvalue weighted by Gasteiger charge is -2.03. The molecule has 20 heavy (non-hydrogen) atoms. The van der Waals surface area contributed by atoms with Crippen molar-refractivity contribution in [2.75, 3.05) is 18.1 Å². The van der Waals surface area contributed by atoms with E-state index in [4.69, 9.17) is 0 Å². The smallest absolute Gasteiger partial charge is 0.230 e. The summed E-state index contributed by atoms with van der Waals surface area (Å²) in [6, 6.07) is 0. The monoisotopic (exact) mass is 331 g/mol. The molecule has 0 bridgehead atoms. The van der Waals surface area contributed by atoms with Crippen LogP contribution < -0.4 is 5.32 Å². The molecule has 8 nitrogen and oxygen atoms in total. The first-order valence-electron chi connectivity index (χ1n) is 5.70. The Bertz CT molecular complexity index is 569. The van der Waals surface area contributed by atoms with Gasteiger partial charge in [-0.2, -0.15) is 0 Å². The molecule has 0 aliphatic heterocycles. The lowest BCUT2D eigenvalue weighted by Crippen LogP contribution is -2.27. The molecule has 0 fully saturated rings. The highest BCUT2D eigenvalue weighted by Gasteiger charge is 2.07. The van der Waals surface area contributed by atoms with E-state index >= 15 is 0 Å². The van der Waals surface area contributed by atoms with E-state index < -0.39 is 0 Å². The quantitative estimate of drug-likeness (QED) is 0.574. The number of tetrazole rings is 1. The summed E-state index contributed by atoms with van der Waals surface area (Å²) < 4.78 is 2.41. The molecule has 1 N–H and O–H groups in total. The van der Waals surface area contributed by atoms with Crippen LogP contribution in [0.1, 0.15) is 5.01 Å². The van der Waals surface area contributed by atoms with Gasteiger partial charge in [-0.1, -0.05) is 34.9 Å². The van der Waals surface area contributed by atoms with Gasteiger partial charge in [0, 0.05) is 19.3 Å². The van der Waals surface area contributed by atoms with Crippen LogP contribution in [0, 0.1) is 6.92 Å². The molecule has 1 amide bonds. The van der Waals surface area contributed by atoms with Gasteiger partial charge in [-0.3, -0.25) is 4.79 Å². The maximum Gasteiger partial charge on any atom is 0.230 e. The normalized spacial score (nSPS) is 10.7. The predicted molar refractivity (Wildman–Crippen MR) is 77.9 cm³/mol. The van der Waals surface area contributed by atoms with E-state index in [0.29, 0.717) is 12.3 Å². The van der Waals surface area contributed by atoms with Crippen molar-refractivity contribution in [3.63, 3.8) is 0 Å². The molecule has 2 rings (SSSR count). The number of rotatable bonds is 7. The molecule has 2 aromatic rings. The van der Waals surface area contributed by atoms with E-state index in [1.54, 1.807) is 11.7 Å². The van der Waals surface area contributed by atoms with Gasteiger partial charge in [0.25, 0.3) is 0 Å². The highest BCUT2D eigenvalue weighted by Crippen LogP contribution is 2.21. The first-order valence-corrected chi connectivity index (χ1v) is 8.48. The molecule has 11 heteroatoms. The van der Waals surface area contributed by atoms with Gasteiger partial charge in [0.1, 0.15) is 5.01 Å². The Morgan fingerprint density at radius 3 is 2.85 bits per heavy atom. The molecular weight excluding hydrogens is 318 g/mol. The first kappa shape index (κ1) is 15.2. The number of aryl methyl sites for hydroxylation is 2. The molecule has 0 atom stereocenters. The van der Waals surface area contributed by atoms with Gasteiger partial charge >= 0.3 is 0 Å². The number of hydrogen-bond acceptors (Lipinski definition) is 9. The minimum Gasteiger partial charge on any atom is -0.355 e. The van der Waals surface area contributed by atoms with E-state index in [-0.39, 0.29) is 5.91 Å². The Labute approximate surface area is 128 Å². The van der Waals surface area contributed by atoms with Crippen LogP contribution in [0.25, 0.3) is 0 Å². The summed E-state index contributed by atoms with van der Waals surface area (Å²) in [6.45, 7) is 2.46. The number of hydrogen-bond donors (Lipinski definition) is 1. The summed E-state index contributed by atoms with van der Waals surface area (Å²) in [6.07, 6.45) is 0. The standard InChI is InChI=1S/C9H13N7OS3/c1-6-11-13-9(20-6)19-5-7(17)10-3-4-18-8-12-14-15-16(8)2/h3-5H2,1-2H3,(H,10,17). The van der Waals surface area contributed by atoms with Crippen molar-refractivity contribution in [3.8, 4) is 0 Å². The average molecular weight is 331 g/mol. The Kier molecular flexibility index (Phi) is 5.73. The molecule has 0 aliphatic rings. The maximum absolute atomic E-state index is 11.6. The van der Waals surface area contributed by atoms with Gasteiger partial charge in [-0.05, 0) is 17.4 Å². The third-order valence-corrected chi connectivity index (χ3v) is 5.06. The Hall–Kier alpha value is -1.20. The van der Waals surface area contributed by atoms with Gasteiger partial charge in [0.05, 0.1) is 5.75 Å². The van der Waals surface area contributed by atoms with Crippen LogP contribution >= 0.6 is 34.9 Å². The van der Waals surface area contributed by atoms with Crippen molar-refractivity contribution in [1.82, 2.24) is 35.7 Å². The molecule has 2 aromatic heterocycles. The van der Waals surface area contributed by atoms with Crippen molar-refractivity contribution in [2.45, 2.75) is 16.4 Å². The lowest BCUT2D eigenvalue weighted by molar-refractivity contribution is -0.118. The molecule has 0 aromatic carbocycles. The number of thioether (sulfide) groups is 2. The lowest BCUT2D eigenvalue weighted by atomic mass is 10.6. The van der Waals surface area contributed by atoms with Gasteiger partial charge in [0.15, 0.2) is 4.34 Å². The number of nitrogens with one attached hydrogen (secondary N) is 1. The fourth-order valence-electron chi connectivity index (χ4n) is 1.19. The summed E-state index contributed by atoms with van der Waals surface area (Å²) >= 11 is 4.39. The zero-order valence-corrected chi connectivity index (χ0v) is 13.4. The zero-order valence-electron chi connectivity index (χ0n) is 10.9. The van der Waals surface area contributed by atoms with Crippen molar-refractivity contribution in [1.29, 1.82) is 0 Å². The predicted octanol–water partition coefficient (Wildman–Crippen LogP) is 0.371. The number of carbonyl (C=O) groups excluding carboxylic acids is 1. The van der Waals surface area contributed by atoms with E-state index in [1.165, 1.54) is 34.9 Å². The molecule has 0 radical (unpaired) electrons. The molecule has 0 saturated carbocycles. The Morgan fingerprint density at radius 1 is 1.35 bits per heavy atom. The summed E-state index contributed by atoms with van der Waals surface area (Å²) in [7, 11) is 1.78. The van der Waals surface area contributed by atoms with Crippen molar-refractivity contribution >= 4 is 40.8 Å². The van der Waals surface area contributed by atoms with Crippen LogP contribution in [0.5, 0.6) is 0 Å². The maximum atomic E-state index is 11.6. The third kappa shape index (κ3) is 4.72. The van der Waals surface area contributed by atoms with Crippen LogP contribution in [0.3, 0.4) is 0 Å². The average Bonchev–Trinajstić information content (AvgIpc) is 3.01. The van der Waals surface area contributed by atoms with Crippen LogP contribution in [0.4, 0.5) is 0 Å². The fourth-order valence-corrected chi connectivity index (χ4v) is 3.54. The second kappa shape index (κ2) is 7.55. The largest absolute Gasteiger partial charge is 0.355 e. The number of nitrogens with zero attached hydrogens (tertiary/aromatic N) is 6. The topological polar surface area (TPSA) is 98.5 Å². The Morgan fingerprint density at radius 2 is 2.20 bits per heavy atom. The van der Waals surface area contributed by atoms with Crippen LogP contribution in [-0.4, -0.2) is 54.4 Å². The molecule has 0 spiro atoms. The van der Waals surface area contributed by atoms with E-state index in [1.807, 2.05) is 6.92 Å². The second-order valence-corrected chi connectivity index (χ2v) is 7.13. The van der Waals surface area contributed by atoms with Crippen molar-refractivity contribution < 1.29 is 4.79 Å². The number of carbonyl (C=O) groups is 1. The second-order valence-electron chi connectivity index (χ2n) is 3.66. The van der Waals surface area contributed by atoms with E-state index in [0.717, 1.165) is 20.3 Å². The highest BCUT2D eigenvalue weighted by molar-refractivity contribution is 8.01. The first-order chi connectivity index (χ1) is 9.65. The molecular formula is C9H13N7OS3. The third-order valence-electron chi connectivity index (χ3n) is 2.07. The van der Waals surface area contributed by atoms with E-state index in [9.17, 15) is 4.79 Å². The van der Waals surface area contributed by atoms with Crippen LogP contribution in [-0.2, 0) is 11.8 Å². The van der Waals surface area contributed by atoms with Gasteiger partial charge in [-0.25, -0.2) is 4.68 Å². The summed E-state index contributed by atoms with van der Waals surface area (Å²) in [5, 5.41) is 23.4. The van der Waals surface area contributed by atoms with Crippen molar-refractivity contribution in [2.24, 2.45) is 7.05 Å². The molecule has 0 unspecified atom stereocenters. The SMILES string of the molecule is Cc1nnc(SCC(=O)NCCSc2nnnn2C)s1. The summed E-state index contributed by atoms with van der Waals surface area (Å²) in [5.41, 5.74) is 0. The Balaban J connectivity index is 1.59.